The van der Waals surface area contributed by atoms with E-state index in [0.29, 0.717) is 15.0 Å². The highest BCUT2D eigenvalue weighted by Gasteiger charge is 2.33. The number of hydrogen-bond acceptors (Lipinski definition) is 5. The van der Waals surface area contributed by atoms with E-state index in [-0.39, 0.29) is 18.4 Å². The number of thioether (sulfide) groups is 1. The number of anilines is 2. The molecule has 0 unspecified atom stereocenters. The molecule has 1 heterocycles. The third-order valence-electron chi connectivity index (χ3n) is 4.74. The molecule has 4 rings (SSSR count). The fourth-order valence-electron chi connectivity index (χ4n) is 3.10. The second-order valence-corrected chi connectivity index (χ2v) is 9.86. The van der Waals surface area contributed by atoms with Gasteiger partial charge in [0.2, 0.25) is 0 Å². The zero-order chi connectivity index (χ0) is 23.4. The van der Waals surface area contributed by atoms with E-state index < -0.39 is 0 Å². The van der Waals surface area contributed by atoms with Gasteiger partial charge >= 0.3 is 0 Å². The van der Waals surface area contributed by atoms with Gasteiger partial charge in [-0.25, -0.2) is 0 Å². The van der Waals surface area contributed by atoms with Gasteiger partial charge < -0.3 is 10.1 Å². The SMILES string of the molecule is Cc1ccc(NC(=O)COc2ccc(/C=C3/SC(=S)N(c4cccc(Br)c4)C3=O)cc2)cc1. The van der Waals surface area contributed by atoms with Crippen molar-refractivity contribution in [1.29, 1.82) is 0 Å². The summed E-state index contributed by atoms with van der Waals surface area (Å²) in [7, 11) is 0. The molecule has 1 fully saturated rings. The van der Waals surface area contributed by atoms with Gasteiger partial charge in [0.05, 0.1) is 10.6 Å². The highest BCUT2D eigenvalue weighted by molar-refractivity contribution is 9.10. The van der Waals surface area contributed by atoms with E-state index in [1.54, 1.807) is 18.2 Å². The lowest BCUT2D eigenvalue weighted by Gasteiger charge is -2.14. The van der Waals surface area contributed by atoms with Crippen LogP contribution in [-0.2, 0) is 9.59 Å². The molecular formula is C25H19BrN2O3S2. The van der Waals surface area contributed by atoms with Crippen molar-refractivity contribution in [1.82, 2.24) is 0 Å². The minimum absolute atomic E-state index is 0.0987. The van der Waals surface area contributed by atoms with Crippen molar-refractivity contribution in [3.63, 3.8) is 0 Å². The quantitative estimate of drug-likeness (QED) is 0.300. The number of aryl methyl sites for hydroxylation is 1. The molecule has 0 radical (unpaired) electrons. The molecule has 0 aliphatic carbocycles. The first-order valence-electron chi connectivity index (χ1n) is 10.0. The summed E-state index contributed by atoms with van der Waals surface area (Å²) in [4.78, 5) is 27.1. The topological polar surface area (TPSA) is 58.6 Å². The first-order chi connectivity index (χ1) is 15.9. The van der Waals surface area contributed by atoms with Gasteiger partial charge in [-0.3, -0.25) is 14.5 Å². The monoisotopic (exact) mass is 538 g/mol. The lowest BCUT2D eigenvalue weighted by atomic mass is 10.2. The number of hydrogen-bond donors (Lipinski definition) is 1. The lowest BCUT2D eigenvalue weighted by molar-refractivity contribution is -0.118. The lowest BCUT2D eigenvalue weighted by Crippen LogP contribution is -2.27. The molecule has 1 aliphatic heterocycles. The fraction of sp³-hybridized carbons (Fsp3) is 0.0800. The summed E-state index contributed by atoms with van der Waals surface area (Å²) in [5.74, 6) is 0.170. The van der Waals surface area contributed by atoms with Crippen molar-refractivity contribution < 1.29 is 14.3 Å². The van der Waals surface area contributed by atoms with Gasteiger partial charge in [0, 0.05) is 10.2 Å². The summed E-state index contributed by atoms with van der Waals surface area (Å²) in [5.41, 5.74) is 3.41. The van der Waals surface area contributed by atoms with Crippen LogP contribution in [0.25, 0.3) is 6.08 Å². The number of carbonyl (C=O) groups excluding carboxylic acids is 2. The van der Waals surface area contributed by atoms with Crippen molar-refractivity contribution in [3.8, 4) is 5.75 Å². The van der Waals surface area contributed by atoms with Crippen LogP contribution in [-0.4, -0.2) is 22.7 Å². The van der Waals surface area contributed by atoms with Crippen LogP contribution in [0.4, 0.5) is 11.4 Å². The zero-order valence-electron chi connectivity index (χ0n) is 17.6. The van der Waals surface area contributed by atoms with Gasteiger partial charge in [-0.05, 0) is 61.0 Å². The molecule has 0 bridgehead atoms. The molecule has 0 spiro atoms. The van der Waals surface area contributed by atoms with Crippen LogP contribution in [0, 0.1) is 6.92 Å². The highest BCUT2D eigenvalue weighted by atomic mass is 79.9. The number of nitrogens with one attached hydrogen (secondary N) is 1. The van der Waals surface area contributed by atoms with Crippen LogP contribution < -0.4 is 15.0 Å². The molecule has 1 N–H and O–H groups in total. The summed E-state index contributed by atoms with van der Waals surface area (Å²) in [6.45, 7) is 1.89. The fourth-order valence-corrected chi connectivity index (χ4v) is 4.79. The van der Waals surface area contributed by atoms with Crippen LogP contribution in [0.1, 0.15) is 11.1 Å². The van der Waals surface area contributed by atoms with E-state index >= 15 is 0 Å². The molecule has 5 nitrogen and oxygen atoms in total. The van der Waals surface area contributed by atoms with E-state index in [9.17, 15) is 9.59 Å². The average Bonchev–Trinajstić information content (AvgIpc) is 3.07. The molecule has 33 heavy (non-hydrogen) atoms. The Balaban J connectivity index is 1.37. The third-order valence-corrected chi connectivity index (χ3v) is 6.54. The number of benzene rings is 3. The van der Waals surface area contributed by atoms with Crippen LogP contribution in [0.5, 0.6) is 5.75 Å². The Labute approximate surface area is 210 Å². The predicted octanol–water partition coefficient (Wildman–Crippen LogP) is 6.18. The normalized spacial score (nSPS) is 14.6. The Morgan fingerprint density at radius 2 is 1.85 bits per heavy atom. The Bertz CT molecular complexity index is 1240. The maximum absolute atomic E-state index is 12.9. The molecule has 0 aromatic heterocycles. The van der Waals surface area contributed by atoms with Crippen molar-refractivity contribution in [2.75, 3.05) is 16.8 Å². The van der Waals surface area contributed by atoms with Crippen molar-refractivity contribution in [3.05, 3.63) is 93.3 Å². The molecular weight excluding hydrogens is 520 g/mol. The minimum Gasteiger partial charge on any atom is -0.484 e. The number of halogens is 1. The van der Waals surface area contributed by atoms with Crippen molar-refractivity contribution in [2.45, 2.75) is 6.92 Å². The van der Waals surface area contributed by atoms with Crippen LogP contribution in [0.15, 0.2) is 82.2 Å². The second-order valence-electron chi connectivity index (χ2n) is 7.27. The van der Waals surface area contributed by atoms with Gasteiger partial charge in [0.1, 0.15) is 5.75 Å². The first-order valence-corrected chi connectivity index (χ1v) is 12.0. The third kappa shape index (κ3) is 5.90. The number of amides is 2. The largest absolute Gasteiger partial charge is 0.484 e. The summed E-state index contributed by atoms with van der Waals surface area (Å²) < 4.78 is 6.94. The molecule has 2 amide bonds. The van der Waals surface area contributed by atoms with E-state index in [2.05, 4.69) is 21.2 Å². The van der Waals surface area contributed by atoms with Gasteiger partial charge in [0.25, 0.3) is 11.8 Å². The molecule has 0 saturated carbocycles. The average molecular weight is 539 g/mol. The smallest absolute Gasteiger partial charge is 0.270 e. The van der Waals surface area contributed by atoms with Crippen molar-refractivity contribution >= 4 is 73.5 Å². The molecule has 8 heteroatoms. The van der Waals surface area contributed by atoms with E-state index in [1.165, 1.54) is 16.7 Å². The maximum Gasteiger partial charge on any atom is 0.270 e. The Morgan fingerprint density at radius 1 is 1.12 bits per heavy atom. The van der Waals surface area contributed by atoms with Crippen LogP contribution in [0.2, 0.25) is 0 Å². The maximum atomic E-state index is 12.9. The summed E-state index contributed by atoms with van der Waals surface area (Å²) in [6, 6.07) is 22.2. The standard InChI is InChI=1S/C25H19BrN2O3S2/c1-16-5-9-19(10-6-16)27-23(29)15-31-21-11-7-17(8-12-21)13-22-24(30)28(25(32)33-22)20-4-2-3-18(26)14-20/h2-14H,15H2,1H3,(H,27,29)/b22-13+. The summed E-state index contributed by atoms with van der Waals surface area (Å²) in [5, 5.41) is 2.80. The van der Waals surface area contributed by atoms with Gasteiger partial charge in [-0.15, -0.1) is 0 Å². The Hall–Kier alpha value is -2.94. The number of thiocarbonyl (C=S) groups is 1. The number of carbonyl (C=O) groups is 2. The zero-order valence-corrected chi connectivity index (χ0v) is 20.8. The van der Waals surface area contributed by atoms with E-state index in [1.807, 2.05) is 67.6 Å². The van der Waals surface area contributed by atoms with Crippen LogP contribution in [0.3, 0.4) is 0 Å². The van der Waals surface area contributed by atoms with E-state index in [4.69, 9.17) is 17.0 Å². The van der Waals surface area contributed by atoms with Gasteiger partial charge in [-0.2, -0.15) is 0 Å². The first kappa shape index (κ1) is 23.2. The molecule has 3 aromatic rings. The van der Waals surface area contributed by atoms with E-state index in [0.717, 1.165) is 27.0 Å². The van der Waals surface area contributed by atoms with Crippen LogP contribution >= 0.6 is 39.9 Å². The molecule has 166 valence electrons. The van der Waals surface area contributed by atoms with Crippen molar-refractivity contribution in [2.24, 2.45) is 0 Å². The molecule has 3 aromatic carbocycles. The summed E-state index contributed by atoms with van der Waals surface area (Å²) in [6.07, 6.45) is 1.80. The number of rotatable bonds is 6. The Kier molecular flexibility index (Phi) is 7.27. The Morgan fingerprint density at radius 3 is 2.55 bits per heavy atom. The predicted molar refractivity (Wildman–Crippen MR) is 142 cm³/mol. The van der Waals surface area contributed by atoms with Gasteiger partial charge in [0.15, 0.2) is 10.9 Å². The molecule has 1 aliphatic rings. The molecule has 0 atom stereocenters. The molecule has 1 saturated heterocycles. The summed E-state index contributed by atoms with van der Waals surface area (Å²) >= 11 is 10.1. The van der Waals surface area contributed by atoms with Gasteiger partial charge in [-0.1, -0.05) is 75.8 Å². The number of ether oxygens (including phenoxy) is 1. The number of nitrogens with zero attached hydrogens (tertiary/aromatic N) is 1. The highest BCUT2D eigenvalue weighted by Crippen LogP contribution is 2.36. The minimum atomic E-state index is -0.237. The second kappa shape index (κ2) is 10.3.